The summed E-state index contributed by atoms with van der Waals surface area (Å²) < 4.78 is 44.4. The number of hydrogen-bond donors (Lipinski definition) is 1. The number of halogens is 3. The lowest BCUT2D eigenvalue weighted by atomic mass is 10.0. The van der Waals surface area contributed by atoms with Crippen molar-refractivity contribution in [3.63, 3.8) is 0 Å². The molecule has 1 rings (SSSR count). The minimum absolute atomic E-state index is 0.0613. The molecule has 6 heteroatoms. The molecule has 0 amide bonds. The Balaban J connectivity index is 3.01. The Labute approximate surface area is 122 Å². The number of esters is 1. The van der Waals surface area contributed by atoms with E-state index in [0.29, 0.717) is 0 Å². The number of nitrogens with one attached hydrogen (secondary N) is 1. The first-order valence-electron chi connectivity index (χ1n) is 6.71. The van der Waals surface area contributed by atoms with Crippen LogP contribution in [0.3, 0.4) is 0 Å². The number of carbonyl (C=O) groups excluding carboxylic acids is 1. The van der Waals surface area contributed by atoms with Crippen LogP contribution in [0.5, 0.6) is 0 Å². The fraction of sp³-hybridized carbons (Fsp3) is 0.533. The van der Waals surface area contributed by atoms with Crippen molar-refractivity contribution >= 4 is 5.97 Å². The summed E-state index contributed by atoms with van der Waals surface area (Å²) in [6.07, 6.45) is -4.23. The molecule has 0 aliphatic carbocycles. The van der Waals surface area contributed by atoms with Crippen molar-refractivity contribution in [2.45, 2.75) is 38.5 Å². The molecule has 118 valence electrons. The van der Waals surface area contributed by atoms with Crippen LogP contribution >= 0.6 is 0 Å². The quantitative estimate of drug-likeness (QED) is 0.818. The van der Waals surface area contributed by atoms with Crippen molar-refractivity contribution in [3.8, 4) is 0 Å². The highest BCUT2D eigenvalue weighted by Gasteiger charge is 2.42. The van der Waals surface area contributed by atoms with Gasteiger partial charge in [0.25, 0.3) is 0 Å². The Morgan fingerprint density at radius 3 is 2.24 bits per heavy atom. The van der Waals surface area contributed by atoms with Crippen molar-refractivity contribution < 1.29 is 22.7 Å². The van der Waals surface area contributed by atoms with Gasteiger partial charge in [-0.3, -0.25) is 10.1 Å². The second-order valence-electron chi connectivity index (χ2n) is 5.26. The predicted molar refractivity (Wildman–Crippen MR) is 73.6 cm³/mol. The zero-order valence-electron chi connectivity index (χ0n) is 12.3. The maximum absolute atomic E-state index is 13.3. The molecule has 0 heterocycles. The highest BCUT2D eigenvalue weighted by atomic mass is 19.4. The van der Waals surface area contributed by atoms with Crippen LogP contribution in [-0.2, 0) is 9.53 Å². The van der Waals surface area contributed by atoms with Crippen LogP contribution in [0.25, 0.3) is 0 Å². The SMILES string of the molecule is COC(=O)C(CC(C)C)NC(c1ccccc1)C(F)(F)F. The summed E-state index contributed by atoms with van der Waals surface area (Å²) in [7, 11) is 1.17. The number of benzene rings is 1. The maximum atomic E-state index is 13.3. The molecule has 0 spiro atoms. The van der Waals surface area contributed by atoms with Crippen LogP contribution in [0.1, 0.15) is 31.9 Å². The lowest BCUT2D eigenvalue weighted by Crippen LogP contribution is -2.45. The third kappa shape index (κ3) is 5.38. The van der Waals surface area contributed by atoms with Crippen LogP contribution in [0, 0.1) is 5.92 Å². The number of carbonyl (C=O) groups is 1. The van der Waals surface area contributed by atoms with E-state index in [1.807, 2.05) is 13.8 Å². The molecule has 1 aromatic carbocycles. The standard InChI is InChI=1S/C15H20F3NO2/c1-10(2)9-12(14(20)21-3)19-13(15(16,17)18)11-7-5-4-6-8-11/h4-8,10,12-13,19H,9H2,1-3H3. The van der Waals surface area contributed by atoms with Gasteiger partial charge in [-0.05, 0) is 17.9 Å². The summed E-state index contributed by atoms with van der Waals surface area (Å²) in [4.78, 5) is 11.7. The second-order valence-corrected chi connectivity index (χ2v) is 5.26. The van der Waals surface area contributed by atoms with E-state index in [9.17, 15) is 18.0 Å². The van der Waals surface area contributed by atoms with Crippen LogP contribution in [-0.4, -0.2) is 25.3 Å². The highest BCUT2D eigenvalue weighted by molar-refractivity contribution is 5.75. The molecule has 0 aliphatic rings. The summed E-state index contributed by atoms with van der Waals surface area (Å²) in [5, 5.41) is 2.39. The Hall–Kier alpha value is -1.56. The molecule has 0 saturated heterocycles. The van der Waals surface area contributed by atoms with Gasteiger partial charge >= 0.3 is 12.1 Å². The first-order chi connectivity index (χ1) is 9.75. The number of ether oxygens (including phenoxy) is 1. The fourth-order valence-electron chi connectivity index (χ4n) is 2.07. The summed E-state index contributed by atoms with van der Waals surface area (Å²) in [5.74, 6) is -0.625. The molecular formula is C15H20F3NO2. The van der Waals surface area contributed by atoms with Crippen LogP contribution in [0.15, 0.2) is 30.3 Å². The van der Waals surface area contributed by atoms with E-state index >= 15 is 0 Å². The lowest BCUT2D eigenvalue weighted by molar-refractivity contribution is -0.164. The average molecular weight is 303 g/mol. The zero-order valence-corrected chi connectivity index (χ0v) is 12.3. The second kappa shape index (κ2) is 7.45. The minimum atomic E-state index is -4.50. The Morgan fingerprint density at radius 2 is 1.81 bits per heavy atom. The molecule has 0 fully saturated rings. The summed E-state index contributed by atoms with van der Waals surface area (Å²) in [5.41, 5.74) is 0.0719. The largest absolute Gasteiger partial charge is 0.468 e. The first kappa shape index (κ1) is 17.5. The van der Waals surface area contributed by atoms with E-state index in [-0.39, 0.29) is 17.9 Å². The van der Waals surface area contributed by atoms with E-state index in [2.05, 4.69) is 10.1 Å². The molecule has 0 radical (unpaired) electrons. The normalized spacial score (nSPS) is 14.8. The van der Waals surface area contributed by atoms with E-state index < -0.39 is 24.2 Å². The predicted octanol–water partition coefficient (Wildman–Crippen LogP) is 3.47. The van der Waals surface area contributed by atoms with Gasteiger partial charge in [-0.1, -0.05) is 44.2 Å². The monoisotopic (exact) mass is 303 g/mol. The van der Waals surface area contributed by atoms with E-state index in [1.54, 1.807) is 6.07 Å². The average Bonchev–Trinajstić information content (AvgIpc) is 2.41. The summed E-state index contributed by atoms with van der Waals surface area (Å²) in [6, 6.07) is 4.58. The van der Waals surface area contributed by atoms with E-state index in [4.69, 9.17) is 0 Å². The smallest absolute Gasteiger partial charge is 0.407 e. The zero-order chi connectivity index (χ0) is 16.0. The van der Waals surface area contributed by atoms with Gasteiger partial charge in [0, 0.05) is 0 Å². The summed E-state index contributed by atoms with van der Waals surface area (Å²) in [6.45, 7) is 3.67. The minimum Gasteiger partial charge on any atom is -0.468 e. The van der Waals surface area contributed by atoms with Crippen molar-refractivity contribution in [1.29, 1.82) is 0 Å². The van der Waals surface area contributed by atoms with Crippen LogP contribution < -0.4 is 5.32 Å². The van der Waals surface area contributed by atoms with Gasteiger partial charge in [-0.25, -0.2) is 0 Å². The maximum Gasteiger partial charge on any atom is 0.407 e. The third-order valence-corrected chi connectivity index (χ3v) is 3.02. The first-order valence-corrected chi connectivity index (χ1v) is 6.71. The molecule has 2 unspecified atom stereocenters. The fourth-order valence-corrected chi connectivity index (χ4v) is 2.07. The Kier molecular flexibility index (Phi) is 6.20. The van der Waals surface area contributed by atoms with Gasteiger partial charge in [-0.2, -0.15) is 13.2 Å². The molecule has 2 atom stereocenters. The molecule has 0 saturated carbocycles. The molecule has 1 aromatic rings. The third-order valence-electron chi connectivity index (χ3n) is 3.02. The van der Waals surface area contributed by atoms with Gasteiger partial charge in [0.05, 0.1) is 7.11 Å². The molecule has 21 heavy (non-hydrogen) atoms. The van der Waals surface area contributed by atoms with Crippen LogP contribution in [0.2, 0.25) is 0 Å². The highest BCUT2D eigenvalue weighted by Crippen LogP contribution is 2.33. The van der Waals surface area contributed by atoms with Crippen LogP contribution in [0.4, 0.5) is 13.2 Å². The van der Waals surface area contributed by atoms with Gasteiger partial charge < -0.3 is 4.74 Å². The van der Waals surface area contributed by atoms with Gasteiger partial charge in [0.2, 0.25) is 0 Å². The number of methoxy groups -OCH3 is 1. The number of rotatable bonds is 6. The Morgan fingerprint density at radius 1 is 1.24 bits per heavy atom. The molecule has 0 aliphatic heterocycles. The van der Waals surface area contributed by atoms with Crippen molar-refractivity contribution in [1.82, 2.24) is 5.32 Å². The summed E-state index contributed by atoms with van der Waals surface area (Å²) >= 11 is 0. The van der Waals surface area contributed by atoms with Gasteiger partial charge in [0.1, 0.15) is 12.1 Å². The molecule has 1 N–H and O–H groups in total. The van der Waals surface area contributed by atoms with Gasteiger partial charge in [0.15, 0.2) is 0 Å². The molecule has 0 bridgehead atoms. The lowest BCUT2D eigenvalue weighted by Gasteiger charge is -2.27. The molecule has 3 nitrogen and oxygen atoms in total. The van der Waals surface area contributed by atoms with Gasteiger partial charge in [-0.15, -0.1) is 0 Å². The molecular weight excluding hydrogens is 283 g/mol. The van der Waals surface area contributed by atoms with E-state index in [0.717, 1.165) is 0 Å². The van der Waals surface area contributed by atoms with Crippen molar-refractivity contribution in [2.24, 2.45) is 5.92 Å². The Bertz CT molecular complexity index is 446. The topological polar surface area (TPSA) is 38.3 Å². The number of alkyl halides is 3. The number of hydrogen-bond acceptors (Lipinski definition) is 3. The molecule has 0 aromatic heterocycles. The van der Waals surface area contributed by atoms with Crippen molar-refractivity contribution in [3.05, 3.63) is 35.9 Å². The van der Waals surface area contributed by atoms with Crippen molar-refractivity contribution in [2.75, 3.05) is 7.11 Å². The van der Waals surface area contributed by atoms with E-state index in [1.165, 1.54) is 31.4 Å².